The highest BCUT2D eigenvalue weighted by Gasteiger charge is 2.49. The van der Waals surface area contributed by atoms with Gasteiger partial charge in [-0.2, -0.15) is 0 Å². The number of amides is 1. The maximum atomic E-state index is 11.4. The number of rotatable bonds is 2. The zero-order valence-corrected chi connectivity index (χ0v) is 7.64. The fourth-order valence-corrected chi connectivity index (χ4v) is 1.76. The summed E-state index contributed by atoms with van der Waals surface area (Å²) in [6.45, 7) is 4.05. The van der Waals surface area contributed by atoms with E-state index in [1.54, 1.807) is 0 Å². The Labute approximate surface area is 81.3 Å². The summed E-state index contributed by atoms with van der Waals surface area (Å²) in [6, 6.07) is -0.433. The largest absolute Gasteiger partial charge is 0.459 e. The van der Waals surface area contributed by atoms with Crippen molar-refractivity contribution in [1.82, 2.24) is 4.90 Å². The molecule has 0 radical (unpaired) electrons. The summed E-state index contributed by atoms with van der Waals surface area (Å²) in [7, 11) is 0. The van der Waals surface area contributed by atoms with Gasteiger partial charge >= 0.3 is 12.1 Å². The van der Waals surface area contributed by atoms with Crippen molar-refractivity contribution in [2.75, 3.05) is 13.2 Å². The summed E-state index contributed by atoms with van der Waals surface area (Å²) in [5, 5.41) is 0. The molecule has 14 heavy (non-hydrogen) atoms. The van der Waals surface area contributed by atoms with Crippen LogP contribution in [0, 0.1) is 0 Å². The normalized spacial score (nSPS) is 28.9. The molecule has 1 unspecified atom stereocenters. The molecule has 0 saturated carbocycles. The molecule has 0 aromatic heterocycles. The average molecular weight is 197 g/mol. The Morgan fingerprint density at radius 3 is 3.14 bits per heavy atom. The van der Waals surface area contributed by atoms with E-state index in [0.717, 1.165) is 0 Å². The topological polar surface area (TPSA) is 55.8 Å². The lowest BCUT2D eigenvalue weighted by molar-refractivity contribution is -0.150. The van der Waals surface area contributed by atoms with Gasteiger partial charge in [-0.05, 0) is 0 Å². The molecule has 1 amide bonds. The molecule has 2 aliphatic heterocycles. The van der Waals surface area contributed by atoms with Gasteiger partial charge in [-0.15, -0.1) is 0 Å². The zero-order valence-electron chi connectivity index (χ0n) is 7.64. The smallest absolute Gasteiger partial charge is 0.410 e. The molecular formula is C9H11NO4. The molecule has 0 aromatic rings. The van der Waals surface area contributed by atoms with Gasteiger partial charge in [-0.3, -0.25) is 4.90 Å². The predicted octanol–water partition coefficient (Wildman–Crippen LogP) is 0.309. The lowest BCUT2D eigenvalue weighted by atomic mass is 10.2. The van der Waals surface area contributed by atoms with Crippen molar-refractivity contribution in [2.45, 2.75) is 18.6 Å². The number of carbonyl (C=O) groups excluding carboxylic acids is 2. The third-order valence-corrected chi connectivity index (χ3v) is 2.38. The fourth-order valence-electron chi connectivity index (χ4n) is 1.76. The molecule has 76 valence electrons. The van der Waals surface area contributed by atoms with Crippen LogP contribution >= 0.6 is 0 Å². The number of ether oxygens (including phenoxy) is 2. The van der Waals surface area contributed by atoms with E-state index in [-0.39, 0.29) is 18.7 Å². The molecule has 2 saturated heterocycles. The first kappa shape index (κ1) is 9.05. The van der Waals surface area contributed by atoms with Crippen molar-refractivity contribution in [3.8, 4) is 0 Å². The molecule has 0 N–H and O–H groups in total. The average Bonchev–Trinajstić information content (AvgIpc) is 2.72. The van der Waals surface area contributed by atoms with Gasteiger partial charge in [0.1, 0.15) is 18.8 Å². The molecule has 2 atom stereocenters. The van der Waals surface area contributed by atoms with Gasteiger partial charge in [0.05, 0.1) is 6.54 Å². The second-order valence-corrected chi connectivity index (χ2v) is 3.33. The second kappa shape index (κ2) is 3.32. The highest BCUT2D eigenvalue weighted by Crippen LogP contribution is 2.29. The van der Waals surface area contributed by atoms with Crippen LogP contribution < -0.4 is 0 Å². The minimum atomic E-state index is -0.464. The third-order valence-electron chi connectivity index (χ3n) is 2.38. The van der Waals surface area contributed by atoms with Crippen LogP contribution in [0.25, 0.3) is 0 Å². The van der Waals surface area contributed by atoms with Gasteiger partial charge < -0.3 is 9.47 Å². The summed E-state index contributed by atoms with van der Waals surface area (Å²) in [4.78, 5) is 23.9. The molecule has 2 heterocycles. The van der Waals surface area contributed by atoms with Crippen LogP contribution in [0.1, 0.15) is 6.42 Å². The molecule has 5 nitrogen and oxygen atoms in total. The third kappa shape index (κ3) is 1.34. The highest BCUT2D eigenvalue weighted by atomic mass is 16.6. The summed E-state index contributed by atoms with van der Waals surface area (Å²) >= 11 is 0. The van der Waals surface area contributed by atoms with Gasteiger partial charge in [0.25, 0.3) is 0 Å². The van der Waals surface area contributed by atoms with E-state index in [0.29, 0.717) is 13.0 Å². The number of esters is 1. The lowest BCUT2D eigenvalue weighted by Crippen LogP contribution is -2.44. The summed E-state index contributed by atoms with van der Waals surface area (Å²) < 4.78 is 9.77. The van der Waals surface area contributed by atoms with Crippen molar-refractivity contribution in [1.29, 1.82) is 0 Å². The summed E-state index contributed by atoms with van der Waals surface area (Å²) in [6.07, 6.45) is 1.49. The maximum absolute atomic E-state index is 11.4. The monoisotopic (exact) mass is 197 g/mol. The van der Waals surface area contributed by atoms with Crippen molar-refractivity contribution in [3.05, 3.63) is 12.7 Å². The molecule has 0 aromatic carbocycles. The van der Waals surface area contributed by atoms with Crippen molar-refractivity contribution in [2.24, 2.45) is 0 Å². The van der Waals surface area contributed by atoms with Crippen LogP contribution in [0.2, 0.25) is 0 Å². The van der Waals surface area contributed by atoms with E-state index in [9.17, 15) is 9.59 Å². The first-order valence-corrected chi connectivity index (χ1v) is 4.47. The number of likely N-dealkylation sites (tertiary alicyclic amines) is 1. The summed E-state index contributed by atoms with van der Waals surface area (Å²) in [5.41, 5.74) is 0. The van der Waals surface area contributed by atoms with Crippen LogP contribution in [0.4, 0.5) is 4.79 Å². The Morgan fingerprint density at radius 1 is 1.79 bits per heavy atom. The molecule has 2 rings (SSSR count). The van der Waals surface area contributed by atoms with E-state index in [1.165, 1.54) is 11.0 Å². The number of nitrogens with zero attached hydrogens (tertiary/aromatic N) is 1. The van der Waals surface area contributed by atoms with Crippen molar-refractivity contribution >= 4 is 12.1 Å². The first-order valence-electron chi connectivity index (χ1n) is 4.47. The minimum absolute atomic E-state index is 0.135. The quantitative estimate of drug-likeness (QED) is 0.472. The Bertz CT molecular complexity index is 289. The first-order chi connectivity index (χ1) is 6.72. The Hall–Kier alpha value is -1.52. The van der Waals surface area contributed by atoms with Crippen LogP contribution in [-0.2, 0) is 14.3 Å². The van der Waals surface area contributed by atoms with Gasteiger partial charge in [0.2, 0.25) is 0 Å². The number of carbonyl (C=O) groups is 2. The molecule has 2 fully saturated rings. The summed E-state index contributed by atoms with van der Waals surface area (Å²) in [5.74, 6) is -0.322. The SMILES string of the molecule is C=CCOC(=O)N1C[C@@H]2CC1C(=O)O2. The fraction of sp³-hybridized carbons (Fsp3) is 0.556. The number of hydrogen-bond donors (Lipinski definition) is 0. The van der Waals surface area contributed by atoms with Gasteiger partial charge in [0.15, 0.2) is 0 Å². The molecule has 0 aliphatic carbocycles. The Kier molecular flexibility index (Phi) is 2.15. The van der Waals surface area contributed by atoms with Gasteiger partial charge in [-0.25, -0.2) is 9.59 Å². The Balaban J connectivity index is 1.96. The van der Waals surface area contributed by atoms with Crippen LogP contribution in [0.5, 0.6) is 0 Å². The minimum Gasteiger partial charge on any atom is -0.459 e. The van der Waals surface area contributed by atoms with E-state index in [1.807, 2.05) is 0 Å². The van der Waals surface area contributed by atoms with E-state index in [2.05, 4.69) is 6.58 Å². The Morgan fingerprint density at radius 2 is 2.57 bits per heavy atom. The predicted molar refractivity (Wildman–Crippen MR) is 46.5 cm³/mol. The molecule has 5 heteroatoms. The van der Waals surface area contributed by atoms with E-state index < -0.39 is 12.1 Å². The van der Waals surface area contributed by atoms with Crippen LogP contribution in [0.3, 0.4) is 0 Å². The molecular weight excluding hydrogens is 186 g/mol. The second-order valence-electron chi connectivity index (χ2n) is 3.33. The van der Waals surface area contributed by atoms with Gasteiger partial charge in [-0.1, -0.05) is 12.7 Å². The van der Waals surface area contributed by atoms with E-state index >= 15 is 0 Å². The van der Waals surface area contributed by atoms with Crippen LogP contribution in [-0.4, -0.2) is 42.3 Å². The van der Waals surface area contributed by atoms with Crippen molar-refractivity contribution in [3.63, 3.8) is 0 Å². The molecule has 2 aliphatic rings. The number of hydrogen-bond acceptors (Lipinski definition) is 4. The highest BCUT2D eigenvalue weighted by molar-refractivity contribution is 5.84. The lowest BCUT2D eigenvalue weighted by Gasteiger charge is -2.24. The molecule has 0 spiro atoms. The standard InChI is InChI=1S/C9H11NO4/c1-2-3-13-9(12)10-5-6-4-7(10)8(11)14-6/h2,6-7H,1,3-5H2/t6-,7?/m0/s1. The van der Waals surface area contributed by atoms with Crippen LogP contribution in [0.15, 0.2) is 12.7 Å². The number of fused-ring (bicyclic) bond motifs is 2. The number of morpholine rings is 1. The zero-order chi connectivity index (χ0) is 10.1. The van der Waals surface area contributed by atoms with Crippen molar-refractivity contribution < 1.29 is 19.1 Å². The molecule has 2 bridgehead atoms. The van der Waals surface area contributed by atoms with Gasteiger partial charge in [0, 0.05) is 6.42 Å². The maximum Gasteiger partial charge on any atom is 0.410 e. The van der Waals surface area contributed by atoms with E-state index in [4.69, 9.17) is 9.47 Å².